The first-order valence-corrected chi connectivity index (χ1v) is 5.18. The molecule has 2 amide bonds. The summed E-state index contributed by atoms with van der Waals surface area (Å²) >= 11 is 0. The number of nitrogen functional groups attached to an aromatic ring is 1. The van der Waals surface area contributed by atoms with Crippen molar-refractivity contribution in [3.8, 4) is 0 Å². The number of benzene rings is 1. The molecule has 0 saturated carbocycles. The van der Waals surface area contributed by atoms with Gasteiger partial charge in [0.1, 0.15) is 11.9 Å². The molecule has 0 fully saturated rings. The summed E-state index contributed by atoms with van der Waals surface area (Å²) < 4.78 is 13.2. The van der Waals surface area contributed by atoms with Gasteiger partial charge in [-0.2, -0.15) is 0 Å². The average Bonchev–Trinajstić information content (AvgIpc) is 2.31. The average molecular weight is 269 g/mol. The summed E-state index contributed by atoms with van der Waals surface area (Å²) in [5.41, 5.74) is 9.86. The number of carbonyl (C=O) groups excluding carboxylic acids is 2. The van der Waals surface area contributed by atoms with E-state index in [1.165, 1.54) is 12.1 Å². The number of primary amides is 1. The smallest absolute Gasteiger partial charge is 0.326 e. The molecule has 1 rings (SSSR count). The van der Waals surface area contributed by atoms with Gasteiger partial charge in [0.25, 0.3) is 5.91 Å². The lowest BCUT2D eigenvalue weighted by Gasteiger charge is -2.13. The number of hydrogen-bond donors (Lipinski definition) is 4. The van der Waals surface area contributed by atoms with E-state index in [9.17, 15) is 18.8 Å². The maximum absolute atomic E-state index is 13.2. The number of nitrogens with one attached hydrogen (secondary N) is 1. The number of halogens is 1. The molecule has 102 valence electrons. The first-order valence-electron chi connectivity index (χ1n) is 5.18. The third-order valence-electron chi connectivity index (χ3n) is 2.27. The van der Waals surface area contributed by atoms with E-state index in [2.05, 4.69) is 5.32 Å². The minimum absolute atomic E-state index is 0.109. The summed E-state index contributed by atoms with van der Waals surface area (Å²) in [6.07, 6.45) is -0.557. The zero-order chi connectivity index (χ0) is 14.6. The molecule has 0 bridgehead atoms. The fourth-order valence-corrected chi connectivity index (χ4v) is 1.31. The van der Waals surface area contributed by atoms with Crippen molar-refractivity contribution in [2.45, 2.75) is 12.5 Å². The molecule has 0 spiro atoms. The van der Waals surface area contributed by atoms with Gasteiger partial charge < -0.3 is 21.9 Å². The summed E-state index contributed by atoms with van der Waals surface area (Å²) in [5, 5.41) is 10.9. The van der Waals surface area contributed by atoms with Crippen LogP contribution >= 0.6 is 0 Å². The Bertz CT molecular complexity index is 533. The van der Waals surface area contributed by atoms with Gasteiger partial charge in [0.2, 0.25) is 5.91 Å². The van der Waals surface area contributed by atoms with Gasteiger partial charge in [-0.15, -0.1) is 0 Å². The zero-order valence-electron chi connectivity index (χ0n) is 9.72. The Labute approximate surface area is 107 Å². The lowest BCUT2D eigenvalue weighted by atomic mass is 10.1. The minimum atomic E-state index is -1.47. The molecule has 0 aromatic heterocycles. The number of rotatable bonds is 5. The summed E-state index contributed by atoms with van der Waals surface area (Å²) in [6, 6.07) is 1.81. The molecule has 0 radical (unpaired) electrons. The summed E-state index contributed by atoms with van der Waals surface area (Å²) in [6.45, 7) is 0. The second-order valence-corrected chi connectivity index (χ2v) is 3.77. The number of amides is 2. The van der Waals surface area contributed by atoms with Crippen molar-refractivity contribution in [3.05, 3.63) is 29.6 Å². The summed E-state index contributed by atoms with van der Waals surface area (Å²) in [4.78, 5) is 33.1. The van der Waals surface area contributed by atoms with Gasteiger partial charge in [-0.05, 0) is 18.2 Å². The minimum Gasteiger partial charge on any atom is -0.480 e. The van der Waals surface area contributed by atoms with Gasteiger partial charge in [0.05, 0.1) is 12.1 Å². The highest BCUT2D eigenvalue weighted by atomic mass is 19.1. The van der Waals surface area contributed by atoms with E-state index >= 15 is 0 Å². The Morgan fingerprint density at radius 1 is 1.37 bits per heavy atom. The van der Waals surface area contributed by atoms with Crippen LogP contribution in [-0.2, 0) is 9.59 Å². The Morgan fingerprint density at radius 3 is 2.47 bits per heavy atom. The van der Waals surface area contributed by atoms with E-state index in [1.807, 2.05) is 0 Å². The second-order valence-electron chi connectivity index (χ2n) is 3.77. The molecule has 0 aliphatic heterocycles. The Morgan fingerprint density at radius 2 is 2.00 bits per heavy atom. The standard InChI is InChI=1S/C11H12FN3O4/c12-6-3-5(1-2-7(6)13)10(17)15-8(11(18)19)4-9(14)16/h1-3,8H,4,13H2,(H2,14,16)(H,15,17)(H,18,19). The monoisotopic (exact) mass is 269 g/mol. The van der Waals surface area contributed by atoms with E-state index in [0.717, 1.165) is 6.07 Å². The fraction of sp³-hybridized carbons (Fsp3) is 0.182. The van der Waals surface area contributed by atoms with Crippen LogP contribution < -0.4 is 16.8 Å². The first kappa shape index (κ1) is 14.4. The van der Waals surface area contributed by atoms with Crippen LogP contribution in [-0.4, -0.2) is 28.9 Å². The molecule has 0 aliphatic rings. The molecule has 19 heavy (non-hydrogen) atoms. The van der Waals surface area contributed by atoms with Crippen molar-refractivity contribution < 1.29 is 23.9 Å². The van der Waals surface area contributed by atoms with E-state index in [-0.39, 0.29) is 11.3 Å². The number of hydrogen-bond acceptors (Lipinski definition) is 4. The Kier molecular flexibility index (Phi) is 4.41. The molecular formula is C11H12FN3O4. The third kappa shape index (κ3) is 3.95. The second kappa shape index (κ2) is 5.80. The molecule has 1 aromatic carbocycles. The first-order chi connectivity index (χ1) is 8.81. The number of nitrogens with two attached hydrogens (primary N) is 2. The number of carbonyl (C=O) groups is 3. The van der Waals surface area contributed by atoms with Crippen LogP contribution in [0.25, 0.3) is 0 Å². The molecule has 7 nitrogen and oxygen atoms in total. The largest absolute Gasteiger partial charge is 0.480 e. The molecule has 1 aromatic rings. The van der Waals surface area contributed by atoms with Crippen molar-refractivity contribution in [2.75, 3.05) is 5.73 Å². The lowest BCUT2D eigenvalue weighted by Crippen LogP contribution is -2.43. The van der Waals surface area contributed by atoms with Gasteiger partial charge >= 0.3 is 5.97 Å². The SMILES string of the molecule is NC(=O)CC(NC(=O)c1ccc(N)c(F)c1)C(=O)O. The highest BCUT2D eigenvalue weighted by Crippen LogP contribution is 2.12. The Hall–Kier alpha value is -2.64. The van der Waals surface area contributed by atoms with E-state index in [0.29, 0.717) is 0 Å². The quantitative estimate of drug-likeness (QED) is 0.532. The van der Waals surface area contributed by atoms with Crippen LogP contribution in [0.3, 0.4) is 0 Å². The zero-order valence-corrected chi connectivity index (χ0v) is 9.72. The van der Waals surface area contributed by atoms with E-state index < -0.39 is 36.1 Å². The lowest BCUT2D eigenvalue weighted by molar-refractivity contribution is -0.140. The number of carboxylic acid groups (broad SMARTS) is 1. The van der Waals surface area contributed by atoms with Crippen LogP contribution in [0.5, 0.6) is 0 Å². The van der Waals surface area contributed by atoms with Crippen LogP contribution in [0, 0.1) is 5.82 Å². The third-order valence-corrected chi connectivity index (χ3v) is 2.27. The predicted octanol–water partition coefficient (Wildman–Crippen LogP) is -0.534. The van der Waals surface area contributed by atoms with Crippen molar-refractivity contribution in [3.63, 3.8) is 0 Å². The van der Waals surface area contributed by atoms with Crippen molar-refractivity contribution in [2.24, 2.45) is 5.73 Å². The molecule has 6 N–H and O–H groups in total. The maximum atomic E-state index is 13.2. The van der Waals surface area contributed by atoms with Crippen LogP contribution in [0.15, 0.2) is 18.2 Å². The summed E-state index contributed by atoms with van der Waals surface area (Å²) in [5.74, 6) is -3.93. The van der Waals surface area contributed by atoms with E-state index in [1.54, 1.807) is 0 Å². The number of aliphatic carboxylic acids is 1. The summed E-state index contributed by atoms with van der Waals surface area (Å²) in [7, 11) is 0. The van der Waals surface area contributed by atoms with Crippen molar-refractivity contribution in [1.82, 2.24) is 5.32 Å². The predicted molar refractivity (Wildman–Crippen MR) is 63.5 cm³/mol. The van der Waals surface area contributed by atoms with Gasteiger partial charge in [-0.1, -0.05) is 0 Å². The molecule has 1 unspecified atom stereocenters. The normalized spacial score (nSPS) is 11.6. The van der Waals surface area contributed by atoms with Crippen molar-refractivity contribution >= 4 is 23.5 Å². The molecule has 0 aliphatic carbocycles. The van der Waals surface area contributed by atoms with Crippen LogP contribution in [0.4, 0.5) is 10.1 Å². The van der Waals surface area contributed by atoms with E-state index in [4.69, 9.17) is 16.6 Å². The highest BCUT2D eigenvalue weighted by Gasteiger charge is 2.23. The molecular weight excluding hydrogens is 257 g/mol. The highest BCUT2D eigenvalue weighted by molar-refractivity contribution is 5.97. The fourth-order valence-electron chi connectivity index (χ4n) is 1.31. The van der Waals surface area contributed by atoms with Crippen molar-refractivity contribution in [1.29, 1.82) is 0 Å². The van der Waals surface area contributed by atoms with Crippen LogP contribution in [0.2, 0.25) is 0 Å². The molecule has 8 heteroatoms. The topological polar surface area (TPSA) is 136 Å². The van der Waals surface area contributed by atoms with Gasteiger partial charge in [0.15, 0.2) is 0 Å². The number of carboxylic acids is 1. The molecule has 1 atom stereocenters. The van der Waals surface area contributed by atoms with Gasteiger partial charge in [-0.25, -0.2) is 9.18 Å². The molecule has 0 heterocycles. The van der Waals surface area contributed by atoms with Gasteiger partial charge in [0, 0.05) is 5.56 Å². The molecule has 0 saturated heterocycles. The number of anilines is 1. The van der Waals surface area contributed by atoms with Crippen LogP contribution in [0.1, 0.15) is 16.8 Å². The maximum Gasteiger partial charge on any atom is 0.326 e. The Balaban J connectivity index is 2.84. The van der Waals surface area contributed by atoms with Gasteiger partial charge in [-0.3, -0.25) is 9.59 Å².